The maximum absolute atomic E-state index is 5.30. The normalized spacial score (nSPS) is 15.8. The summed E-state index contributed by atoms with van der Waals surface area (Å²) in [4.78, 5) is 6.77. The first-order valence-corrected chi connectivity index (χ1v) is 9.36. The molecule has 3 rings (SSSR count). The zero-order valence-electron chi connectivity index (χ0n) is 14.7. The lowest BCUT2D eigenvalue weighted by atomic mass is 10.1. The number of hydrogen-bond acceptors (Lipinski definition) is 5. The van der Waals surface area contributed by atoms with E-state index < -0.39 is 0 Å². The maximum Gasteiger partial charge on any atom is 0.191 e. The first kappa shape index (κ1) is 20.0. The van der Waals surface area contributed by atoms with Crippen LogP contribution in [0.3, 0.4) is 0 Å². The van der Waals surface area contributed by atoms with Crippen LogP contribution in [0.15, 0.2) is 33.1 Å². The maximum atomic E-state index is 5.30. The van der Waals surface area contributed by atoms with E-state index in [0.29, 0.717) is 12.6 Å². The molecule has 2 N–H and O–H groups in total. The van der Waals surface area contributed by atoms with Crippen LogP contribution in [0.2, 0.25) is 0 Å². The molecule has 8 heteroatoms. The molecule has 25 heavy (non-hydrogen) atoms. The molecule has 0 spiro atoms. The van der Waals surface area contributed by atoms with E-state index in [0.717, 1.165) is 49.8 Å². The van der Waals surface area contributed by atoms with Gasteiger partial charge in [0.05, 0.1) is 17.2 Å². The molecule has 0 unspecified atom stereocenters. The summed E-state index contributed by atoms with van der Waals surface area (Å²) >= 11 is 1.81. The van der Waals surface area contributed by atoms with Crippen molar-refractivity contribution in [2.24, 2.45) is 4.99 Å². The van der Waals surface area contributed by atoms with E-state index in [1.165, 1.54) is 5.00 Å². The van der Waals surface area contributed by atoms with Gasteiger partial charge in [-0.1, -0.05) is 12.1 Å². The van der Waals surface area contributed by atoms with Crippen molar-refractivity contribution in [2.75, 3.05) is 25.0 Å². The highest BCUT2D eigenvalue weighted by molar-refractivity contribution is 14.0. The number of aryl methyl sites for hydroxylation is 1. The zero-order valence-corrected chi connectivity index (χ0v) is 17.8. The van der Waals surface area contributed by atoms with Gasteiger partial charge in [0.1, 0.15) is 0 Å². The number of piperidine rings is 1. The van der Waals surface area contributed by atoms with Crippen LogP contribution < -0.4 is 15.5 Å². The predicted octanol–water partition coefficient (Wildman–Crippen LogP) is 3.25. The highest BCUT2D eigenvalue weighted by Gasteiger charge is 2.20. The van der Waals surface area contributed by atoms with Crippen LogP contribution in [0.25, 0.3) is 0 Å². The Balaban J connectivity index is 0.00000225. The third kappa shape index (κ3) is 5.60. The molecule has 0 bridgehead atoms. The van der Waals surface area contributed by atoms with E-state index >= 15 is 0 Å². The Bertz CT molecular complexity index is 650. The quantitative estimate of drug-likeness (QED) is 0.395. The number of rotatable bonds is 5. The van der Waals surface area contributed by atoms with Crippen molar-refractivity contribution in [1.82, 2.24) is 15.8 Å². The van der Waals surface area contributed by atoms with Gasteiger partial charge in [0.15, 0.2) is 11.7 Å². The average molecular weight is 475 g/mol. The minimum absolute atomic E-state index is 0. The lowest BCUT2D eigenvalue weighted by molar-refractivity contribution is 0.374. The zero-order chi connectivity index (χ0) is 16.8. The first-order valence-electron chi connectivity index (χ1n) is 8.48. The molecule has 2 aromatic heterocycles. The number of guanidine groups is 1. The molecule has 1 aliphatic heterocycles. The molecule has 1 aliphatic rings. The fourth-order valence-electron chi connectivity index (χ4n) is 2.86. The minimum Gasteiger partial charge on any atom is -0.363 e. The first-order chi connectivity index (χ1) is 11.8. The van der Waals surface area contributed by atoms with Crippen LogP contribution >= 0.6 is 35.3 Å². The summed E-state index contributed by atoms with van der Waals surface area (Å²) < 4.78 is 5.30. The summed E-state index contributed by atoms with van der Waals surface area (Å²) in [6.45, 7) is 4.83. The number of nitrogens with one attached hydrogen (secondary N) is 2. The highest BCUT2D eigenvalue weighted by Crippen LogP contribution is 2.24. The minimum atomic E-state index is 0. The molecule has 0 saturated carbocycles. The highest BCUT2D eigenvalue weighted by atomic mass is 127. The van der Waals surface area contributed by atoms with E-state index in [1.807, 2.05) is 17.4 Å². The number of aliphatic imine (C=N–C) groups is 1. The molecule has 6 nitrogen and oxygen atoms in total. The van der Waals surface area contributed by atoms with Crippen molar-refractivity contribution in [3.63, 3.8) is 0 Å². The van der Waals surface area contributed by atoms with Gasteiger partial charge in [-0.25, -0.2) is 0 Å². The summed E-state index contributed by atoms with van der Waals surface area (Å²) in [6, 6.07) is 6.75. The summed E-state index contributed by atoms with van der Waals surface area (Å²) in [5.41, 5.74) is 0.982. The lowest BCUT2D eigenvalue weighted by Crippen LogP contribution is -2.48. The lowest BCUT2D eigenvalue weighted by Gasteiger charge is -2.33. The fourth-order valence-corrected chi connectivity index (χ4v) is 3.64. The Morgan fingerprint density at radius 1 is 1.44 bits per heavy atom. The molecule has 138 valence electrons. The number of hydrogen-bond donors (Lipinski definition) is 2. The molecule has 0 aliphatic carbocycles. The summed E-state index contributed by atoms with van der Waals surface area (Å²) in [7, 11) is 1.80. The van der Waals surface area contributed by atoms with Crippen molar-refractivity contribution in [3.8, 4) is 0 Å². The largest absolute Gasteiger partial charge is 0.363 e. The Hall–Kier alpha value is -1.29. The van der Waals surface area contributed by atoms with Crippen molar-refractivity contribution in [3.05, 3.63) is 35.0 Å². The number of thiophene rings is 1. The van der Waals surface area contributed by atoms with Crippen molar-refractivity contribution >= 4 is 46.3 Å². The molecule has 0 amide bonds. The number of nitrogens with zero attached hydrogens (tertiary/aromatic N) is 3. The van der Waals surface area contributed by atoms with Crippen LogP contribution in [-0.4, -0.2) is 37.3 Å². The standard InChI is InChI=1S/C17H25N5OS.HI/c1-3-13-11-15(23-21-13)12-19-17(18-2)20-14-6-8-22(9-7-14)16-5-4-10-24-16;/h4-5,10-11,14H,3,6-9,12H2,1-2H3,(H2,18,19,20);1H. The van der Waals surface area contributed by atoms with Gasteiger partial charge in [-0.05, 0) is 36.8 Å². The second-order valence-corrected chi connectivity index (χ2v) is 6.85. The molecular weight excluding hydrogens is 449 g/mol. The number of halogens is 1. The third-order valence-corrected chi connectivity index (χ3v) is 5.21. The van der Waals surface area contributed by atoms with E-state index in [4.69, 9.17) is 4.52 Å². The summed E-state index contributed by atoms with van der Waals surface area (Å²) in [5.74, 6) is 1.65. The van der Waals surface area contributed by atoms with Crippen LogP contribution in [0.4, 0.5) is 5.00 Å². The average Bonchev–Trinajstić information content (AvgIpc) is 3.30. The second kappa shape index (κ2) is 10.0. The van der Waals surface area contributed by atoms with Crippen LogP contribution in [0, 0.1) is 0 Å². The van der Waals surface area contributed by atoms with Gasteiger partial charge in [0.25, 0.3) is 0 Å². The van der Waals surface area contributed by atoms with Gasteiger partial charge in [-0.15, -0.1) is 35.3 Å². The summed E-state index contributed by atoms with van der Waals surface area (Å²) in [5, 5.41) is 14.3. The molecule has 1 saturated heterocycles. The van der Waals surface area contributed by atoms with E-state index in [9.17, 15) is 0 Å². The van der Waals surface area contributed by atoms with Crippen molar-refractivity contribution < 1.29 is 4.52 Å². The molecule has 0 atom stereocenters. The smallest absolute Gasteiger partial charge is 0.191 e. The molecule has 3 heterocycles. The van der Waals surface area contributed by atoms with E-state index in [2.05, 4.69) is 50.1 Å². The van der Waals surface area contributed by atoms with Gasteiger partial charge in [-0.2, -0.15) is 0 Å². The van der Waals surface area contributed by atoms with E-state index in [-0.39, 0.29) is 24.0 Å². The predicted molar refractivity (Wildman–Crippen MR) is 114 cm³/mol. The van der Waals surface area contributed by atoms with Gasteiger partial charge < -0.3 is 20.1 Å². The van der Waals surface area contributed by atoms with Crippen LogP contribution in [0.5, 0.6) is 0 Å². The monoisotopic (exact) mass is 475 g/mol. The van der Waals surface area contributed by atoms with Gasteiger partial charge in [0.2, 0.25) is 0 Å². The number of anilines is 1. The second-order valence-electron chi connectivity index (χ2n) is 5.92. The van der Waals surface area contributed by atoms with Gasteiger partial charge in [-0.3, -0.25) is 4.99 Å². The van der Waals surface area contributed by atoms with Crippen molar-refractivity contribution in [1.29, 1.82) is 0 Å². The Morgan fingerprint density at radius 2 is 2.24 bits per heavy atom. The Kier molecular flexibility index (Phi) is 8.01. The summed E-state index contributed by atoms with van der Waals surface area (Å²) in [6.07, 6.45) is 3.11. The Labute approximate surface area is 170 Å². The molecule has 0 aromatic carbocycles. The molecule has 2 aromatic rings. The molecule has 1 fully saturated rings. The van der Waals surface area contributed by atoms with E-state index in [1.54, 1.807) is 7.05 Å². The topological polar surface area (TPSA) is 65.7 Å². The van der Waals surface area contributed by atoms with Crippen molar-refractivity contribution in [2.45, 2.75) is 38.8 Å². The number of aromatic nitrogens is 1. The Morgan fingerprint density at radius 3 is 2.84 bits per heavy atom. The van der Waals surface area contributed by atoms with Gasteiger partial charge in [0, 0.05) is 32.2 Å². The third-order valence-electron chi connectivity index (χ3n) is 4.28. The van der Waals surface area contributed by atoms with Crippen LogP contribution in [0.1, 0.15) is 31.2 Å². The van der Waals surface area contributed by atoms with Crippen LogP contribution in [-0.2, 0) is 13.0 Å². The van der Waals surface area contributed by atoms with Gasteiger partial charge >= 0.3 is 0 Å². The SMILES string of the molecule is CCc1cc(CNC(=NC)NC2CCN(c3cccs3)CC2)on1.I. The fraction of sp³-hybridized carbons (Fsp3) is 0.529. The molecular formula is C17H26IN5OS. The molecule has 0 radical (unpaired) electrons.